The van der Waals surface area contributed by atoms with Gasteiger partial charge in [-0.2, -0.15) is 13.2 Å². The van der Waals surface area contributed by atoms with E-state index < -0.39 is 11.9 Å². The van der Waals surface area contributed by atoms with Gasteiger partial charge in [0, 0.05) is 24.0 Å². The lowest BCUT2D eigenvalue weighted by Gasteiger charge is -2.07. The van der Waals surface area contributed by atoms with E-state index in [4.69, 9.17) is 5.73 Å². The normalized spacial score (nSPS) is 12.0. The molecule has 0 atom stereocenters. The Morgan fingerprint density at radius 1 is 1.29 bits per heavy atom. The van der Waals surface area contributed by atoms with Crippen LogP contribution in [0.4, 0.5) is 18.9 Å². The van der Waals surface area contributed by atoms with E-state index in [0.29, 0.717) is 11.4 Å². The summed E-state index contributed by atoms with van der Waals surface area (Å²) in [6, 6.07) is 5.81. The number of alkyl halides is 3. The van der Waals surface area contributed by atoms with Gasteiger partial charge in [-0.3, -0.25) is 4.99 Å². The minimum Gasteiger partial charge on any atom is -0.370 e. The molecule has 0 fully saturated rings. The zero-order chi connectivity index (χ0) is 17.0. The van der Waals surface area contributed by atoms with Gasteiger partial charge in [0.25, 0.3) is 0 Å². The molecule has 3 N–H and O–H groups in total. The van der Waals surface area contributed by atoms with E-state index in [-0.39, 0.29) is 36.5 Å². The molecule has 0 aliphatic carbocycles. The van der Waals surface area contributed by atoms with Crippen molar-refractivity contribution in [3.63, 3.8) is 0 Å². The van der Waals surface area contributed by atoms with Gasteiger partial charge in [0.05, 0.1) is 5.01 Å². The topological polar surface area (TPSA) is 63.3 Å². The van der Waals surface area contributed by atoms with Crippen LogP contribution in [0.3, 0.4) is 0 Å². The van der Waals surface area contributed by atoms with Crippen molar-refractivity contribution in [3.05, 3.63) is 45.4 Å². The first kappa shape index (κ1) is 20.7. The second-order valence-corrected chi connectivity index (χ2v) is 6.01. The van der Waals surface area contributed by atoms with Gasteiger partial charge in [-0.25, -0.2) is 4.98 Å². The summed E-state index contributed by atoms with van der Waals surface area (Å²) in [6.07, 6.45) is -4.09. The van der Waals surface area contributed by atoms with Crippen LogP contribution in [-0.2, 0) is 12.6 Å². The molecule has 24 heavy (non-hydrogen) atoms. The summed E-state index contributed by atoms with van der Waals surface area (Å²) < 4.78 is 37.3. The van der Waals surface area contributed by atoms with E-state index in [1.807, 2.05) is 32.0 Å². The second-order valence-electron chi connectivity index (χ2n) is 5.07. The molecule has 0 radical (unpaired) electrons. The predicted octanol–water partition coefficient (Wildman–Crippen LogP) is 4.37. The van der Waals surface area contributed by atoms with E-state index >= 15 is 0 Å². The Bertz CT molecular complexity index is 713. The van der Waals surface area contributed by atoms with Crippen molar-refractivity contribution in [3.8, 4) is 0 Å². The molecule has 9 heteroatoms. The Morgan fingerprint density at radius 2 is 2.00 bits per heavy atom. The smallest absolute Gasteiger partial charge is 0.370 e. The summed E-state index contributed by atoms with van der Waals surface area (Å²) in [5, 5.41) is 4.36. The van der Waals surface area contributed by atoms with Crippen molar-refractivity contribution in [1.82, 2.24) is 4.98 Å². The van der Waals surface area contributed by atoms with Crippen molar-refractivity contribution in [1.29, 1.82) is 0 Å². The first-order valence-corrected chi connectivity index (χ1v) is 7.79. The molecule has 4 nitrogen and oxygen atoms in total. The van der Waals surface area contributed by atoms with Crippen LogP contribution in [0.1, 0.15) is 21.8 Å². The molecular formula is C15H18F3IN4S. The lowest BCUT2D eigenvalue weighted by atomic mass is 10.1. The average molecular weight is 470 g/mol. The average Bonchev–Trinajstić information content (AvgIpc) is 2.92. The number of rotatable bonds is 4. The zero-order valence-electron chi connectivity index (χ0n) is 13.1. The van der Waals surface area contributed by atoms with Crippen molar-refractivity contribution in [2.45, 2.75) is 26.4 Å². The molecule has 0 aliphatic heterocycles. The Balaban J connectivity index is 0.00000288. The fourth-order valence-corrected chi connectivity index (χ4v) is 2.63. The van der Waals surface area contributed by atoms with Crippen LogP contribution < -0.4 is 11.1 Å². The lowest BCUT2D eigenvalue weighted by Crippen LogP contribution is -2.23. The van der Waals surface area contributed by atoms with Gasteiger partial charge in [-0.1, -0.05) is 6.07 Å². The molecule has 0 unspecified atom stereocenters. The fraction of sp³-hybridized carbons (Fsp3) is 0.333. The van der Waals surface area contributed by atoms with Crippen LogP contribution >= 0.6 is 35.3 Å². The Hall–Kier alpha value is -1.36. The highest BCUT2D eigenvalue weighted by molar-refractivity contribution is 14.0. The van der Waals surface area contributed by atoms with E-state index in [2.05, 4.69) is 15.3 Å². The Labute approximate surface area is 159 Å². The summed E-state index contributed by atoms with van der Waals surface area (Å²) in [5.41, 5.74) is 8.04. The summed E-state index contributed by atoms with van der Waals surface area (Å²) >= 11 is 0.974. The van der Waals surface area contributed by atoms with Crippen LogP contribution in [-0.4, -0.2) is 17.5 Å². The number of halogens is 4. The minimum atomic E-state index is -4.40. The maximum Gasteiger partial charge on any atom is 0.434 e. The molecule has 132 valence electrons. The van der Waals surface area contributed by atoms with Crippen LogP contribution in [0, 0.1) is 13.8 Å². The molecule has 0 bridgehead atoms. The first-order valence-electron chi connectivity index (χ1n) is 6.91. The molecule has 0 amide bonds. The van der Waals surface area contributed by atoms with Gasteiger partial charge in [0.15, 0.2) is 11.7 Å². The molecule has 1 heterocycles. The van der Waals surface area contributed by atoms with Crippen LogP contribution in [0.15, 0.2) is 28.6 Å². The highest BCUT2D eigenvalue weighted by Gasteiger charge is 2.33. The molecule has 0 saturated heterocycles. The molecule has 0 saturated carbocycles. The third-order valence-corrected chi connectivity index (χ3v) is 4.14. The number of benzene rings is 1. The van der Waals surface area contributed by atoms with Crippen LogP contribution in [0.2, 0.25) is 0 Å². The Morgan fingerprint density at radius 3 is 2.58 bits per heavy atom. The van der Waals surface area contributed by atoms with Crippen LogP contribution in [0.5, 0.6) is 0 Å². The standard InChI is InChI=1S/C15H17F3N4S.HI/c1-9-3-4-11(7-10(9)2)21-14(19)20-6-5-13-22-12(8-23-13)15(16,17)18;/h3-4,7-8H,5-6H2,1-2H3,(H3,19,20,21);1H. The molecule has 1 aromatic carbocycles. The second kappa shape index (κ2) is 8.65. The van der Waals surface area contributed by atoms with Crippen molar-refractivity contribution in [2.75, 3.05) is 11.9 Å². The van der Waals surface area contributed by atoms with Gasteiger partial charge in [0.1, 0.15) is 0 Å². The van der Waals surface area contributed by atoms with Gasteiger partial charge >= 0.3 is 6.18 Å². The van der Waals surface area contributed by atoms with E-state index in [0.717, 1.165) is 28.0 Å². The van der Waals surface area contributed by atoms with Gasteiger partial charge < -0.3 is 11.1 Å². The van der Waals surface area contributed by atoms with Gasteiger partial charge in [-0.15, -0.1) is 35.3 Å². The molecule has 2 aromatic rings. The fourth-order valence-electron chi connectivity index (χ4n) is 1.83. The summed E-state index contributed by atoms with van der Waals surface area (Å²) in [7, 11) is 0. The third kappa shape index (κ3) is 5.93. The quantitative estimate of drug-likeness (QED) is 0.397. The van der Waals surface area contributed by atoms with Gasteiger partial charge in [-0.05, 0) is 37.1 Å². The number of guanidine groups is 1. The summed E-state index contributed by atoms with van der Waals surface area (Å²) in [6.45, 7) is 4.28. The van der Waals surface area contributed by atoms with E-state index in [9.17, 15) is 13.2 Å². The van der Waals surface area contributed by atoms with Gasteiger partial charge in [0.2, 0.25) is 0 Å². The first-order chi connectivity index (χ1) is 10.8. The maximum absolute atomic E-state index is 12.4. The number of nitrogens with two attached hydrogens (primary N) is 1. The maximum atomic E-state index is 12.4. The largest absolute Gasteiger partial charge is 0.434 e. The van der Waals surface area contributed by atoms with E-state index in [1.165, 1.54) is 5.56 Å². The van der Waals surface area contributed by atoms with Crippen molar-refractivity contribution < 1.29 is 13.2 Å². The number of hydrogen-bond acceptors (Lipinski definition) is 3. The molecule has 1 aromatic heterocycles. The highest BCUT2D eigenvalue weighted by atomic mass is 127. The summed E-state index contributed by atoms with van der Waals surface area (Å²) in [5.74, 6) is 0.223. The lowest BCUT2D eigenvalue weighted by molar-refractivity contribution is -0.140. The number of aromatic nitrogens is 1. The third-order valence-electron chi connectivity index (χ3n) is 3.23. The minimum absolute atomic E-state index is 0. The number of aryl methyl sites for hydroxylation is 2. The molecule has 2 rings (SSSR count). The van der Waals surface area contributed by atoms with Crippen molar-refractivity contribution >= 4 is 47.0 Å². The number of nitrogens with one attached hydrogen (secondary N) is 1. The number of hydrogen-bond donors (Lipinski definition) is 2. The molecule has 0 spiro atoms. The zero-order valence-corrected chi connectivity index (χ0v) is 16.3. The SMILES string of the molecule is Cc1ccc(NC(N)=NCCc2nc(C(F)(F)F)cs2)cc1C.I. The highest BCUT2D eigenvalue weighted by Crippen LogP contribution is 2.30. The number of thiazole rings is 1. The number of anilines is 1. The summed E-state index contributed by atoms with van der Waals surface area (Å²) in [4.78, 5) is 7.65. The number of aliphatic imine (C=N–C) groups is 1. The predicted molar refractivity (Wildman–Crippen MR) is 102 cm³/mol. The van der Waals surface area contributed by atoms with Crippen molar-refractivity contribution in [2.24, 2.45) is 10.7 Å². The number of nitrogens with zero attached hydrogens (tertiary/aromatic N) is 2. The molecule has 0 aliphatic rings. The van der Waals surface area contributed by atoms with Crippen LogP contribution in [0.25, 0.3) is 0 Å². The Kier molecular flexibility index (Phi) is 7.46. The monoisotopic (exact) mass is 470 g/mol. The van der Waals surface area contributed by atoms with E-state index in [1.54, 1.807) is 0 Å². The molecular weight excluding hydrogens is 452 g/mol.